The Kier molecular flexibility index (Phi) is 5.21. The molecule has 0 radical (unpaired) electrons. The zero-order chi connectivity index (χ0) is 19.6. The average Bonchev–Trinajstić information content (AvgIpc) is 2.67. The monoisotopic (exact) mass is 370 g/mol. The van der Waals surface area contributed by atoms with Crippen LogP contribution in [0.2, 0.25) is 0 Å². The third-order valence-electron chi connectivity index (χ3n) is 4.43. The van der Waals surface area contributed by atoms with E-state index in [1.54, 1.807) is 42.3 Å². The number of carbonyl (C=O) groups is 2. The summed E-state index contributed by atoms with van der Waals surface area (Å²) in [5, 5.41) is 2.86. The number of methoxy groups -OCH3 is 2. The molecule has 0 spiro atoms. The van der Waals surface area contributed by atoms with Crippen LogP contribution in [0.15, 0.2) is 36.4 Å². The predicted octanol–water partition coefficient (Wildman–Crippen LogP) is 2.76. The number of carbonyl (C=O) groups excluding carboxylic acids is 2. The number of para-hydroxylation sites is 2. The van der Waals surface area contributed by atoms with Crippen molar-refractivity contribution in [1.29, 1.82) is 0 Å². The highest BCUT2D eigenvalue weighted by molar-refractivity contribution is 5.99. The Bertz CT molecular complexity index is 881. The molecule has 1 aliphatic heterocycles. The first-order chi connectivity index (χ1) is 12.9. The number of benzene rings is 2. The van der Waals surface area contributed by atoms with Gasteiger partial charge in [-0.15, -0.1) is 0 Å². The van der Waals surface area contributed by atoms with E-state index in [4.69, 9.17) is 14.2 Å². The van der Waals surface area contributed by atoms with Gasteiger partial charge >= 0.3 is 0 Å². The van der Waals surface area contributed by atoms with Crippen LogP contribution in [0.5, 0.6) is 17.2 Å². The minimum Gasteiger partial charge on any atom is -0.493 e. The smallest absolute Gasteiger partial charge is 0.267 e. The summed E-state index contributed by atoms with van der Waals surface area (Å²) in [5.74, 6) is 1.11. The molecular weight excluding hydrogens is 348 g/mol. The zero-order valence-electron chi connectivity index (χ0n) is 15.7. The second-order valence-corrected chi connectivity index (χ2v) is 6.22. The van der Waals surface area contributed by atoms with Crippen LogP contribution in [0.25, 0.3) is 0 Å². The molecule has 0 aliphatic carbocycles. The van der Waals surface area contributed by atoms with Gasteiger partial charge in [-0.05, 0) is 30.7 Å². The maximum atomic E-state index is 12.8. The van der Waals surface area contributed by atoms with E-state index in [2.05, 4.69) is 5.32 Å². The van der Waals surface area contributed by atoms with Crippen molar-refractivity contribution in [3.8, 4) is 17.2 Å². The fourth-order valence-corrected chi connectivity index (χ4v) is 3.00. The summed E-state index contributed by atoms with van der Waals surface area (Å²) in [6.07, 6.45) is -0.823. The molecule has 0 saturated heterocycles. The molecule has 0 saturated carbocycles. The molecule has 1 N–H and O–H groups in total. The Morgan fingerprint density at radius 3 is 2.48 bits per heavy atom. The Labute approximate surface area is 157 Å². The molecule has 7 heteroatoms. The largest absolute Gasteiger partial charge is 0.493 e. The van der Waals surface area contributed by atoms with E-state index in [0.717, 1.165) is 5.56 Å². The van der Waals surface area contributed by atoms with Crippen LogP contribution in [0.1, 0.15) is 12.5 Å². The summed E-state index contributed by atoms with van der Waals surface area (Å²) in [6.45, 7) is 3.47. The van der Waals surface area contributed by atoms with Crippen molar-refractivity contribution in [3.05, 3.63) is 42.0 Å². The third-order valence-corrected chi connectivity index (χ3v) is 4.43. The van der Waals surface area contributed by atoms with Gasteiger partial charge in [0, 0.05) is 18.7 Å². The van der Waals surface area contributed by atoms with Gasteiger partial charge in [0.15, 0.2) is 17.6 Å². The summed E-state index contributed by atoms with van der Waals surface area (Å²) >= 11 is 0. The normalized spacial score (nSPS) is 15.4. The Hall–Kier alpha value is -3.22. The number of hydrogen-bond acceptors (Lipinski definition) is 5. The molecule has 0 aromatic heterocycles. The number of amides is 2. The van der Waals surface area contributed by atoms with Gasteiger partial charge in [-0.25, -0.2) is 0 Å². The van der Waals surface area contributed by atoms with Crippen LogP contribution in [-0.4, -0.2) is 38.7 Å². The molecule has 2 amide bonds. The summed E-state index contributed by atoms with van der Waals surface area (Å²) < 4.78 is 16.4. The summed E-state index contributed by atoms with van der Waals surface area (Å²) in [7, 11) is 3.09. The number of rotatable bonds is 4. The fraction of sp³-hybridized carbons (Fsp3) is 0.300. The van der Waals surface area contributed by atoms with E-state index in [1.807, 2.05) is 13.0 Å². The van der Waals surface area contributed by atoms with Crippen molar-refractivity contribution in [1.82, 2.24) is 0 Å². The van der Waals surface area contributed by atoms with Crippen LogP contribution in [0.3, 0.4) is 0 Å². The molecule has 1 heterocycles. The molecule has 3 rings (SSSR count). The van der Waals surface area contributed by atoms with Crippen molar-refractivity contribution in [2.24, 2.45) is 0 Å². The molecule has 0 fully saturated rings. The number of aryl methyl sites for hydroxylation is 1. The van der Waals surface area contributed by atoms with Gasteiger partial charge in [-0.2, -0.15) is 0 Å². The maximum Gasteiger partial charge on any atom is 0.267 e. The molecule has 2 aromatic rings. The van der Waals surface area contributed by atoms with Gasteiger partial charge in [0.1, 0.15) is 5.75 Å². The summed E-state index contributed by atoms with van der Waals surface area (Å²) in [6, 6.07) is 10.6. The highest BCUT2D eigenvalue weighted by Gasteiger charge is 2.32. The molecule has 2 aromatic carbocycles. The van der Waals surface area contributed by atoms with Crippen molar-refractivity contribution in [3.63, 3.8) is 0 Å². The number of nitrogens with one attached hydrogen (secondary N) is 1. The minimum absolute atomic E-state index is 0.143. The van der Waals surface area contributed by atoms with Crippen molar-refractivity contribution < 1.29 is 23.8 Å². The minimum atomic E-state index is -0.823. The topological polar surface area (TPSA) is 77.1 Å². The van der Waals surface area contributed by atoms with Gasteiger partial charge in [-0.3, -0.25) is 9.59 Å². The van der Waals surface area contributed by atoms with E-state index in [0.29, 0.717) is 28.6 Å². The molecule has 1 aliphatic rings. The predicted molar refractivity (Wildman–Crippen MR) is 102 cm³/mol. The van der Waals surface area contributed by atoms with Crippen LogP contribution in [0, 0.1) is 6.92 Å². The SMILES string of the molecule is COc1cc(C)c(NC(=O)C2CN(C(C)=O)c3ccccc3O2)cc1OC. The van der Waals surface area contributed by atoms with Gasteiger partial charge < -0.3 is 24.4 Å². The number of hydrogen-bond donors (Lipinski definition) is 1. The lowest BCUT2D eigenvalue weighted by Crippen LogP contribution is -2.48. The average molecular weight is 370 g/mol. The number of anilines is 2. The Morgan fingerprint density at radius 2 is 1.81 bits per heavy atom. The molecular formula is C20H22N2O5. The van der Waals surface area contributed by atoms with Gasteiger partial charge in [0.25, 0.3) is 5.91 Å². The Balaban J connectivity index is 1.84. The van der Waals surface area contributed by atoms with Crippen molar-refractivity contribution in [2.75, 3.05) is 31.0 Å². The standard InChI is InChI=1S/C20H22N2O5/c1-12-9-17(25-3)18(26-4)10-14(12)21-20(24)19-11-22(13(2)23)15-7-5-6-8-16(15)27-19/h5-10,19H,11H2,1-4H3,(H,21,24). The second-order valence-electron chi connectivity index (χ2n) is 6.22. The first kappa shape index (κ1) is 18.6. The number of fused-ring (bicyclic) bond motifs is 1. The highest BCUT2D eigenvalue weighted by Crippen LogP contribution is 2.35. The summed E-state index contributed by atoms with van der Waals surface area (Å²) in [5.41, 5.74) is 2.08. The summed E-state index contributed by atoms with van der Waals surface area (Å²) in [4.78, 5) is 26.4. The zero-order valence-corrected chi connectivity index (χ0v) is 15.7. The van der Waals surface area contributed by atoms with Gasteiger partial charge in [0.05, 0.1) is 26.5 Å². The lowest BCUT2D eigenvalue weighted by atomic mass is 10.1. The first-order valence-electron chi connectivity index (χ1n) is 8.52. The first-order valence-corrected chi connectivity index (χ1v) is 8.52. The maximum absolute atomic E-state index is 12.8. The van der Waals surface area contributed by atoms with Crippen molar-refractivity contribution in [2.45, 2.75) is 20.0 Å². The molecule has 1 atom stereocenters. The molecule has 27 heavy (non-hydrogen) atoms. The fourth-order valence-electron chi connectivity index (χ4n) is 3.00. The highest BCUT2D eigenvalue weighted by atomic mass is 16.5. The molecule has 0 bridgehead atoms. The lowest BCUT2D eigenvalue weighted by molar-refractivity contribution is -0.123. The Morgan fingerprint density at radius 1 is 1.15 bits per heavy atom. The lowest BCUT2D eigenvalue weighted by Gasteiger charge is -2.33. The van der Waals surface area contributed by atoms with Gasteiger partial charge in [0.2, 0.25) is 5.91 Å². The van der Waals surface area contributed by atoms with E-state index < -0.39 is 6.10 Å². The quantitative estimate of drug-likeness (QED) is 0.896. The van der Waals surface area contributed by atoms with E-state index in [1.165, 1.54) is 14.0 Å². The van der Waals surface area contributed by atoms with E-state index >= 15 is 0 Å². The van der Waals surface area contributed by atoms with Gasteiger partial charge in [-0.1, -0.05) is 12.1 Å². The molecule has 1 unspecified atom stereocenters. The van der Waals surface area contributed by atoms with Crippen LogP contribution < -0.4 is 24.4 Å². The van der Waals surface area contributed by atoms with Crippen molar-refractivity contribution >= 4 is 23.2 Å². The van der Waals surface area contributed by atoms with Crippen LogP contribution >= 0.6 is 0 Å². The van der Waals surface area contributed by atoms with E-state index in [9.17, 15) is 9.59 Å². The number of nitrogens with zero attached hydrogens (tertiary/aromatic N) is 1. The van der Waals surface area contributed by atoms with Crippen LogP contribution in [0.4, 0.5) is 11.4 Å². The van der Waals surface area contributed by atoms with E-state index in [-0.39, 0.29) is 18.4 Å². The second kappa shape index (κ2) is 7.57. The number of ether oxygens (including phenoxy) is 3. The molecule has 142 valence electrons. The molecule has 7 nitrogen and oxygen atoms in total. The van der Waals surface area contributed by atoms with Crippen LogP contribution in [-0.2, 0) is 9.59 Å². The third kappa shape index (κ3) is 3.67.